The summed E-state index contributed by atoms with van der Waals surface area (Å²) >= 11 is 0. The van der Waals surface area contributed by atoms with Crippen LogP contribution in [0.2, 0.25) is 0 Å². The van der Waals surface area contributed by atoms with E-state index in [4.69, 9.17) is 16.2 Å². The number of benzene rings is 1. The molecule has 0 aliphatic rings. The zero-order chi connectivity index (χ0) is 13.7. The number of nitrogens with one attached hydrogen (secondary N) is 1. The maximum absolute atomic E-state index is 11.5. The first kappa shape index (κ1) is 13.8. The van der Waals surface area contributed by atoms with E-state index in [0.29, 0.717) is 23.5 Å². The van der Waals surface area contributed by atoms with E-state index in [1.165, 1.54) is 6.07 Å². The Kier molecular flexibility index (Phi) is 4.53. The number of nitrogen functional groups attached to an aromatic ring is 1. The molecule has 1 aromatic rings. The van der Waals surface area contributed by atoms with Crippen LogP contribution in [-0.2, 0) is 9.53 Å². The summed E-state index contributed by atoms with van der Waals surface area (Å²) in [5.74, 6) is -0.914. The van der Waals surface area contributed by atoms with Crippen LogP contribution in [-0.4, -0.2) is 24.5 Å². The molecule has 0 spiro atoms. The molecule has 0 bridgehead atoms. The van der Waals surface area contributed by atoms with Crippen molar-refractivity contribution in [2.45, 2.75) is 19.9 Å². The number of nitrogens with two attached hydrogens (primary N) is 2. The molecular formula is C12H17N3O3. The number of hydrogen-bond donors (Lipinski definition) is 3. The molecule has 1 unspecified atom stereocenters. The SMILES string of the molecule is CCOC(=O)c1ccc(NC(C)C(N)=O)c(N)c1. The Morgan fingerprint density at radius 2 is 2.11 bits per heavy atom. The monoisotopic (exact) mass is 251 g/mol. The van der Waals surface area contributed by atoms with Crippen molar-refractivity contribution in [2.75, 3.05) is 17.7 Å². The quantitative estimate of drug-likeness (QED) is 0.528. The molecule has 18 heavy (non-hydrogen) atoms. The number of rotatable bonds is 5. The third-order valence-electron chi connectivity index (χ3n) is 2.36. The highest BCUT2D eigenvalue weighted by Crippen LogP contribution is 2.21. The van der Waals surface area contributed by atoms with Crippen LogP contribution in [0.4, 0.5) is 11.4 Å². The first-order valence-electron chi connectivity index (χ1n) is 5.58. The predicted molar refractivity (Wildman–Crippen MR) is 69.1 cm³/mol. The van der Waals surface area contributed by atoms with Crippen molar-refractivity contribution in [1.29, 1.82) is 0 Å². The lowest BCUT2D eigenvalue weighted by atomic mass is 10.1. The summed E-state index contributed by atoms with van der Waals surface area (Å²) in [6.45, 7) is 3.66. The van der Waals surface area contributed by atoms with Crippen molar-refractivity contribution in [2.24, 2.45) is 5.73 Å². The molecule has 0 fully saturated rings. The summed E-state index contributed by atoms with van der Waals surface area (Å²) in [6, 6.07) is 4.14. The lowest BCUT2D eigenvalue weighted by Gasteiger charge is -2.14. The Bertz CT molecular complexity index is 460. The second-order valence-electron chi connectivity index (χ2n) is 3.79. The molecule has 98 valence electrons. The number of carbonyl (C=O) groups is 2. The van der Waals surface area contributed by atoms with E-state index in [9.17, 15) is 9.59 Å². The highest BCUT2D eigenvalue weighted by Gasteiger charge is 2.12. The van der Waals surface area contributed by atoms with Gasteiger partial charge in [0.25, 0.3) is 0 Å². The highest BCUT2D eigenvalue weighted by molar-refractivity contribution is 5.92. The summed E-state index contributed by atoms with van der Waals surface area (Å²) in [6.07, 6.45) is 0. The van der Waals surface area contributed by atoms with Gasteiger partial charge in [0.2, 0.25) is 5.91 Å². The van der Waals surface area contributed by atoms with E-state index in [-0.39, 0.29) is 0 Å². The van der Waals surface area contributed by atoms with Crippen LogP contribution in [0.3, 0.4) is 0 Å². The van der Waals surface area contributed by atoms with Gasteiger partial charge in [-0.15, -0.1) is 0 Å². The van der Waals surface area contributed by atoms with Crippen LogP contribution in [0.25, 0.3) is 0 Å². The van der Waals surface area contributed by atoms with E-state index in [2.05, 4.69) is 5.32 Å². The van der Waals surface area contributed by atoms with Gasteiger partial charge in [0, 0.05) is 0 Å². The van der Waals surface area contributed by atoms with Gasteiger partial charge in [0.15, 0.2) is 0 Å². The average Bonchev–Trinajstić information content (AvgIpc) is 2.31. The Hall–Kier alpha value is -2.24. The standard InChI is InChI=1S/C12H17N3O3/c1-3-18-12(17)8-4-5-10(9(13)6-8)15-7(2)11(14)16/h4-7,15H,3,13H2,1-2H3,(H2,14,16). The topological polar surface area (TPSA) is 107 Å². The molecule has 6 heteroatoms. The average molecular weight is 251 g/mol. The van der Waals surface area contributed by atoms with Crippen molar-refractivity contribution in [3.8, 4) is 0 Å². The van der Waals surface area contributed by atoms with Crippen molar-refractivity contribution in [3.05, 3.63) is 23.8 Å². The van der Waals surface area contributed by atoms with E-state index in [0.717, 1.165) is 0 Å². The maximum atomic E-state index is 11.5. The van der Waals surface area contributed by atoms with Crippen LogP contribution in [0, 0.1) is 0 Å². The Balaban J connectivity index is 2.86. The van der Waals surface area contributed by atoms with E-state index < -0.39 is 17.9 Å². The number of anilines is 2. The summed E-state index contributed by atoms with van der Waals surface area (Å²) < 4.78 is 4.85. The van der Waals surface area contributed by atoms with Gasteiger partial charge < -0.3 is 21.5 Å². The fourth-order valence-electron chi connectivity index (χ4n) is 1.34. The molecule has 0 saturated heterocycles. The number of hydrogen-bond acceptors (Lipinski definition) is 5. The Labute approximate surface area is 105 Å². The van der Waals surface area contributed by atoms with Crippen molar-refractivity contribution >= 4 is 23.3 Å². The van der Waals surface area contributed by atoms with Crippen LogP contribution in [0.15, 0.2) is 18.2 Å². The minimum absolute atomic E-state index is 0.303. The fraction of sp³-hybridized carbons (Fsp3) is 0.333. The van der Waals surface area contributed by atoms with Gasteiger partial charge in [-0.2, -0.15) is 0 Å². The van der Waals surface area contributed by atoms with Gasteiger partial charge >= 0.3 is 5.97 Å². The molecule has 0 aliphatic heterocycles. The maximum Gasteiger partial charge on any atom is 0.338 e. The lowest BCUT2D eigenvalue weighted by molar-refractivity contribution is -0.118. The van der Waals surface area contributed by atoms with Crippen molar-refractivity contribution in [1.82, 2.24) is 0 Å². The third kappa shape index (κ3) is 3.38. The Morgan fingerprint density at radius 1 is 1.44 bits per heavy atom. The number of esters is 1. The van der Waals surface area contributed by atoms with Gasteiger partial charge in [-0.1, -0.05) is 0 Å². The van der Waals surface area contributed by atoms with Crippen LogP contribution >= 0.6 is 0 Å². The number of ether oxygens (including phenoxy) is 1. The van der Waals surface area contributed by atoms with Gasteiger partial charge in [0.1, 0.15) is 6.04 Å². The molecule has 1 rings (SSSR count). The fourth-order valence-corrected chi connectivity index (χ4v) is 1.34. The molecule has 0 aliphatic carbocycles. The van der Waals surface area contributed by atoms with E-state index in [1.54, 1.807) is 26.0 Å². The molecule has 1 atom stereocenters. The Morgan fingerprint density at radius 3 is 2.61 bits per heavy atom. The van der Waals surface area contributed by atoms with Crippen LogP contribution < -0.4 is 16.8 Å². The van der Waals surface area contributed by atoms with Crippen LogP contribution in [0.1, 0.15) is 24.2 Å². The molecule has 6 nitrogen and oxygen atoms in total. The third-order valence-corrected chi connectivity index (χ3v) is 2.36. The molecule has 0 aromatic heterocycles. The molecule has 5 N–H and O–H groups in total. The lowest BCUT2D eigenvalue weighted by Crippen LogP contribution is -2.32. The molecule has 0 saturated carbocycles. The molecular weight excluding hydrogens is 234 g/mol. The summed E-state index contributed by atoms with van der Waals surface area (Å²) in [7, 11) is 0. The van der Waals surface area contributed by atoms with Gasteiger partial charge in [0.05, 0.1) is 23.5 Å². The minimum atomic E-state index is -0.541. The first-order chi connectivity index (χ1) is 8.45. The summed E-state index contributed by atoms with van der Waals surface area (Å²) in [4.78, 5) is 22.4. The van der Waals surface area contributed by atoms with Gasteiger partial charge in [-0.25, -0.2) is 4.79 Å². The van der Waals surface area contributed by atoms with Crippen molar-refractivity contribution < 1.29 is 14.3 Å². The van der Waals surface area contributed by atoms with Gasteiger partial charge in [-0.05, 0) is 32.0 Å². The van der Waals surface area contributed by atoms with Crippen molar-refractivity contribution in [3.63, 3.8) is 0 Å². The molecule has 1 aromatic carbocycles. The smallest absolute Gasteiger partial charge is 0.338 e. The zero-order valence-electron chi connectivity index (χ0n) is 10.4. The molecule has 1 amide bonds. The largest absolute Gasteiger partial charge is 0.462 e. The highest BCUT2D eigenvalue weighted by atomic mass is 16.5. The first-order valence-corrected chi connectivity index (χ1v) is 5.58. The second-order valence-corrected chi connectivity index (χ2v) is 3.79. The van der Waals surface area contributed by atoms with Gasteiger partial charge in [-0.3, -0.25) is 4.79 Å². The zero-order valence-corrected chi connectivity index (χ0v) is 10.4. The summed E-state index contributed by atoms with van der Waals surface area (Å²) in [5.41, 5.74) is 12.2. The number of primary amides is 1. The number of carbonyl (C=O) groups excluding carboxylic acids is 2. The van der Waals surface area contributed by atoms with E-state index in [1.807, 2.05) is 0 Å². The normalized spacial score (nSPS) is 11.7. The number of amides is 1. The molecule has 0 radical (unpaired) electrons. The van der Waals surface area contributed by atoms with E-state index >= 15 is 0 Å². The second kappa shape index (κ2) is 5.90. The predicted octanol–water partition coefficient (Wildman–Crippen LogP) is 0.731. The summed E-state index contributed by atoms with van der Waals surface area (Å²) in [5, 5.41) is 2.86. The molecule has 0 heterocycles. The minimum Gasteiger partial charge on any atom is -0.462 e. The van der Waals surface area contributed by atoms with Crippen LogP contribution in [0.5, 0.6) is 0 Å².